The highest BCUT2D eigenvalue weighted by Gasteiger charge is 2.44. The van der Waals surface area contributed by atoms with Gasteiger partial charge in [-0.1, -0.05) is 0 Å². The standard InChI is InChI=1S/C11H12FNO3/c12-8-9(14)6(11(13)1-2-11)5-7-10(8)16-4-3-15-7/h5,14H,1-4,13H2. The van der Waals surface area contributed by atoms with E-state index in [1.165, 1.54) is 0 Å². The van der Waals surface area contributed by atoms with Crippen LogP contribution in [0.4, 0.5) is 4.39 Å². The van der Waals surface area contributed by atoms with Crippen LogP contribution in [-0.2, 0) is 5.54 Å². The number of phenols is 1. The highest BCUT2D eigenvalue weighted by molar-refractivity contribution is 5.55. The molecule has 5 heteroatoms. The fourth-order valence-electron chi connectivity index (χ4n) is 1.92. The van der Waals surface area contributed by atoms with E-state index in [1.807, 2.05) is 0 Å². The third-order valence-electron chi connectivity index (χ3n) is 3.07. The number of fused-ring (bicyclic) bond motifs is 1. The van der Waals surface area contributed by atoms with Crippen molar-refractivity contribution < 1.29 is 19.0 Å². The highest BCUT2D eigenvalue weighted by Crippen LogP contribution is 2.51. The number of benzene rings is 1. The minimum absolute atomic E-state index is 0.0169. The normalized spacial score (nSPS) is 20.6. The van der Waals surface area contributed by atoms with E-state index in [-0.39, 0.29) is 12.4 Å². The maximum absolute atomic E-state index is 13.8. The summed E-state index contributed by atoms with van der Waals surface area (Å²) in [5, 5.41) is 9.74. The number of nitrogens with two attached hydrogens (primary N) is 1. The first-order chi connectivity index (χ1) is 7.62. The highest BCUT2D eigenvalue weighted by atomic mass is 19.1. The van der Waals surface area contributed by atoms with Crippen LogP contribution in [0.5, 0.6) is 17.2 Å². The van der Waals surface area contributed by atoms with Gasteiger partial charge in [0.1, 0.15) is 13.2 Å². The molecule has 3 rings (SSSR count). The number of phenolic OH excluding ortho intramolecular Hbond substituents is 1. The minimum atomic E-state index is -0.774. The first-order valence-corrected chi connectivity index (χ1v) is 5.22. The number of hydrogen-bond donors (Lipinski definition) is 2. The molecule has 0 atom stereocenters. The van der Waals surface area contributed by atoms with Crippen molar-refractivity contribution in [2.75, 3.05) is 13.2 Å². The van der Waals surface area contributed by atoms with Gasteiger partial charge in [-0.05, 0) is 18.9 Å². The zero-order valence-electron chi connectivity index (χ0n) is 8.62. The van der Waals surface area contributed by atoms with Gasteiger partial charge in [0.15, 0.2) is 11.5 Å². The molecular weight excluding hydrogens is 213 g/mol. The molecule has 1 aliphatic carbocycles. The Labute approximate surface area is 91.8 Å². The third kappa shape index (κ3) is 1.24. The Kier molecular flexibility index (Phi) is 1.83. The van der Waals surface area contributed by atoms with E-state index >= 15 is 0 Å². The maximum Gasteiger partial charge on any atom is 0.210 e. The summed E-state index contributed by atoms with van der Waals surface area (Å²) in [6, 6.07) is 1.58. The van der Waals surface area contributed by atoms with E-state index in [9.17, 15) is 9.50 Å². The van der Waals surface area contributed by atoms with Gasteiger partial charge in [-0.3, -0.25) is 0 Å². The van der Waals surface area contributed by atoms with Crippen molar-refractivity contribution >= 4 is 0 Å². The SMILES string of the molecule is NC1(c2cc3c(c(F)c2O)OCCO3)CC1. The lowest BCUT2D eigenvalue weighted by atomic mass is 10.0. The van der Waals surface area contributed by atoms with Crippen molar-refractivity contribution in [1.29, 1.82) is 0 Å². The fourth-order valence-corrected chi connectivity index (χ4v) is 1.92. The van der Waals surface area contributed by atoms with Gasteiger partial charge in [0.25, 0.3) is 0 Å². The van der Waals surface area contributed by atoms with Crippen molar-refractivity contribution in [3.8, 4) is 17.2 Å². The summed E-state index contributed by atoms with van der Waals surface area (Å²) in [6.07, 6.45) is 1.50. The molecule has 1 aliphatic heterocycles. The second-order valence-corrected chi connectivity index (χ2v) is 4.27. The lowest BCUT2D eigenvalue weighted by Crippen LogP contribution is -2.22. The van der Waals surface area contributed by atoms with Crippen LogP contribution in [0.1, 0.15) is 18.4 Å². The monoisotopic (exact) mass is 225 g/mol. The summed E-state index contributed by atoms with van der Waals surface area (Å²) in [5.41, 5.74) is 5.76. The first-order valence-electron chi connectivity index (χ1n) is 5.22. The predicted octanol–water partition coefficient (Wildman–Crippen LogP) is 1.25. The molecule has 0 bridgehead atoms. The van der Waals surface area contributed by atoms with Gasteiger partial charge in [0, 0.05) is 11.1 Å². The minimum Gasteiger partial charge on any atom is -0.504 e. The van der Waals surface area contributed by atoms with Crippen molar-refractivity contribution in [2.45, 2.75) is 18.4 Å². The van der Waals surface area contributed by atoms with Gasteiger partial charge >= 0.3 is 0 Å². The van der Waals surface area contributed by atoms with Crippen LogP contribution in [0.2, 0.25) is 0 Å². The molecule has 3 N–H and O–H groups in total. The van der Waals surface area contributed by atoms with E-state index in [2.05, 4.69) is 0 Å². The average molecular weight is 225 g/mol. The van der Waals surface area contributed by atoms with Crippen LogP contribution in [-0.4, -0.2) is 18.3 Å². The van der Waals surface area contributed by atoms with Crippen LogP contribution in [0.25, 0.3) is 0 Å². The zero-order valence-corrected chi connectivity index (χ0v) is 8.62. The van der Waals surface area contributed by atoms with Crippen LogP contribution >= 0.6 is 0 Å². The fraction of sp³-hybridized carbons (Fsp3) is 0.455. The molecule has 1 fully saturated rings. The molecule has 1 saturated carbocycles. The maximum atomic E-state index is 13.8. The van der Waals surface area contributed by atoms with Gasteiger partial charge in [0.2, 0.25) is 11.6 Å². The van der Waals surface area contributed by atoms with E-state index in [0.717, 1.165) is 12.8 Å². The van der Waals surface area contributed by atoms with E-state index in [0.29, 0.717) is 17.9 Å². The first kappa shape index (κ1) is 9.72. The third-order valence-corrected chi connectivity index (χ3v) is 3.07. The van der Waals surface area contributed by atoms with Gasteiger partial charge in [-0.2, -0.15) is 4.39 Å². The number of ether oxygens (including phenoxy) is 2. The molecule has 86 valence electrons. The van der Waals surface area contributed by atoms with Crippen molar-refractivity contribution in [2.24, 2.45) is 5.73 Å². The van der Waals surface area contributed by atoms with E-state index in [1.54, 1.807) is 6.07 Å². The predicted molar refractivity (Wildman–Crippen MR) is 54.2 cm³/mol. The summed E-state index contributed by atoms with van der Waals surface area (Å²) in [7, 11) is 0. The van der Waals surface area contributed by atoms with Gasteiger partial charge < -0.3 is 20.3 Å². The molecule has 16 heavy (non-hydrogen) atoms. The van der Waals surface area contributed by atoms with Gasteiger partial charge in [0.05, 0.1) is 0 Å². The molecule has 0 spiro atoms. The van der Waals surface area contributed by atoms with Crippen LogP contribution in [0.3, 0.4) is 0 Å². The summed E-state index contributed by atoms with van der Waals surface area (Å²) >= 11 is 0. The molecule has 0 unspecified atom stereocenters. The number of rotatable bonds is 1. The Morgan fingerprint density at radius 3 is 2.69 bits per heavy atom. The Morgan fingerprint density at radius 1 is 1.31 bits per heavy atom. The zero-order chi connectivity index (χ0) is 11.3. The smallest absolute Gasteiger partial charge is 0.210 e. The average Bonchev–Trinajstić information content (AvgIpc) is 3.03. The molecule has 0 radical (unpaired) electrons. The molecule has 1 aromatic rings. The Hall–Kier alpha value is -1.49. The van der Waals surface area contributed by atoms with Gasteiger partial charge in [-0.25, -0.2) is 0 Å². The summed E-state index contributed by atoms with van der Waals surface area (Å²) in [5.74, 6) is -0.877. The molecule has 0 amide bonds. The summed E-state index contributed by atoms with van der Waals surface area (Å²) < 4.78 is 24.2. The van der Waals surface area contributed by atoms with Crippen LogP contribution in [0.15, 0.2) is 6.07 Å². The second-order valence-electron chi connectivity index (χ2n) is 4.27. The molecule has 2 aliphatic rings. The summed E-state index contributed by atoms with van der Waals surface area (Å²) in [4.78, 5) is 0. The Morgan fingerprint density at radius 2 is 2.00 bits per heavy atom. The van der Waals surface area contributed by atoms with Gasteiger partial charge in [-0.15, -0.1) is 0 Å². The van der Waals surface area contributed by atoms with E-state index < -0.39 is 17.1 Å². The molecule has 0 aromatic heterocycles. The van der Waals surface area contributed by atoms with E-state index in [4.69, 9.17) is 15.2 Å². The molecular formula is C11H12FNO3. The molecule has 0 saturated heterocycles. The largest absolute Gasteiger partial charge is 0.504 e. The summed E-state index contributed by atoms with van der Waals surface area (Å²) in [6.45, 7) is 0.671. The molecule has 4 nitrogen and oxygen atoms in total. The lowest BCUT2D eigenvalue weighted by Gasteiger charge is -2.22. The molecule has 1 heterocycles. The topological polar surface area (TPSA) is 64.7 Å². The van der Waals surface area contributed by atoms with Crippen molar-refractivity contribution in [1.82, 2.24) is 0 Å². The van der Waals surface area contributed by atoms with Crippen LogP contribution in [0, 0.1) is 5.82 Å². The number of hydrogen-bond acceptors (Lipinski definition) is 4. The Bertz CT molecular complexity index is 457. The number of aromatic hydroxyl groups is 1. The van der Waals surface area contributed by atoms with Crippen molar-refractivity contribution in [3.05, 3.63) is 17.4 Å². The second kappa shape index (κ2) is 3.01. The molecule has 1 aromatic carbocycles. The Balaban J connectivity index is 2.17. The van der Waals surface area contributed by atoms with Crippen molar-refractivity contribution in [3.63, 3.8) is 0 Å². The van der Waals surface area contributed by atoms with Crippen LogP contribution < -0.4 is 15.2 Å². The lowest BCUT2D eigenvalue weighted by molar-refractivity contribution is 0.162. The quantitative estimate of drug-likeness (QED) is 0.755. The number of halogens is 1.